The van der Waals surface area contributed by atoms with Crippen molar-refractivity contribution in [1.29, 1.82) is 0 Å². The van der Waals surface area contributed by atoms with Crippen molar-refractivity contribution in [3.63, 3.8) is 0 Å². The lowest BCUT2D eigenvalue weighted by Crippen LogP contribution is -2.58. The van der Waals surface area contributed by atoms with Gasteiger partial charge in [-0.25, -0.2) is 4.79 Å². The van der Waals surface area contributed by atoms with Gasteiger partial charge in [-0.15, -0.1) is 0 Å². The summed E-state index contributed by atoms with van der Waals surface area (Å²) in [5.74, 6) is 0.696. The lowest BCUT2D eigenvalue weighted by Gasteiger charge is -2.38. The molecule has 1 spiro atoms. The van der Waals surface area contributed by atoms with Crippen LogP contribution in [0.3, 0.4) is 0 Å². The summed E-state index contributed by atoms with van der Waals surface area (Å²) in [5.41, 5.74) is 2.49. The minimum Gasteiger partial charge on any atom is -0.491 e. The quantitative estimate of drug-likeness (QED) is 0.747. The molecule has 0 saturated carbocycles. The number of carbonyl (C=O) groups is 2. The van der Waals surface area contributed by atoms with Crippen molar-refractivity contribution in [2.75, 3.05) is 26.2 Å². The number of rotatable bonds is 6. The van der Waals surface area contributed by atoms with Crippen molar-refractivity contribution in [2.45, 2.75) is 38.8 Å². The molecule has 158 valence electrons. The fourth-order valence-corrected chi connectivity index (χ4v) is 4.54. The molecular weight excluding hydrogens is 378 g/mol. The minimum absolute atomic E-state index is 0.129. The molecule has 2 heterocycles. The van der Waals surface area contributed by atoms with Crippen molar-refractivity contribution >= 4 is 11.9 Å². The molecule has 6 heteroatoms. The number of urea groups is 1. The molecule has 0 aliphatic carbocycles. The fourth-order valence-electron chi connectivity index (χ4n) is 4.54. The summed E-state index contributed by atoms with van der Waals surface area (Å²) in [5, 5.41) is 3.00. The molecule has 2 aliphatic rings. The average Bonchev–Trinajstić information content (AvgIpc) is 2.94. The normalized spacial score (nSPS) is 21.9. The Balaban J connectivity index is 1.39. The van der Waals surface area contributed by atoms with E-state index in [0.29, 0.717) is 13.0 Å². The van der Waals surface area contributed by atoms with Crippen LogP contribution in [0.1, 0.15) is 29.5 Å². The van der Waals surface area contributed by atoms with E-state index in [1.54, 1.807) is 0 Å². The topological polar surface area (TPSA) is 61.9 Å². The van der Waals surface area contributed by atoms with Gasteiger partial charge in [0.25, 0.3) is 5.91 Å². The van der Waals surface area contributed by atoms with Crippen molar-refractivity contribution in [1.82, 2.24) is 15.1 Å². The highest BCUT2D eigenvalue weighted by Crippen LogP contribution is 2.29. The minimum atomic E-state index is -0.817. The number of hydrogen-bond donors (Lipinski definition) is 1. The molecule has 0 radical (unpaired) electrons. The third-order valence-corrected chi connectivity index (χ3v) is 6.04. The first kappa shape index (κ1) is 20.4. The van der Waals surface area contributed by atoms with Crippen LogP contribution in [0.25, 0.3) is 0 Å². The largest absolute Gasteiger partial charge is 0.491 e. The number of aryl methyl sites for hydroxylation is 2. The molecule has 1 N–H and O–H groups in total. The molecule has 2 aliphatic heterocycles. The van der Waals surface area contributed by atoms with Crippen LogP contribution in [-0.2, 0) is 11.3 Å². The maximum absolute atomic E-state index is 13.2. The zero-order chi connectivity index (χ0) is 21.1. The number of piperidine rings is 1. The molecule has 6 nitrogen and oxygen atoms in total. The number of carbonyl (C=O) groups excluding carboxylic acids is 2. The monoisotopic (exact) mass is 407 g/mol. The molecule has 2 aromatic rings. The summed E-state index contributed by atoms with van der Waals surface area (Å²) in [7, 11) is 0. The number of nitrogens with zero attached hydrogens (tertiary/aromatic N) is 2. The molecule has 1 atom stereocenters. The van der Waals surface area contributed by atoms with Crippen molar-refractivity contribution in [3.8, 4) is 5.75 Å². The Kier molecular flexibility index (Phi) is 5.77. The van der Waals surface area contributed by atoms with Gasteiger partial charge in [0, 0.05) is 13.1 Å². The summed E-state index contributed by atoms with van der Waals surface area (Å²) in [6.45, 7) is 6.77. The van der Waals surface area contributed by atoms with E-state index in [-0.39, 0.29) is 25.1 Å². The highest BCUT2D eigenvalue weighted by Gasteiger charge is 2.52. The van der Waals surface area contributed by atoms with Crippen LogP contribution in [0.2, 0.25) is 0 Å². The molecule has 2 aromatic carbocycles. The van der Waals surface area contributed by atoms with E-state index in [1.165, 1.54) is 10.5 Å². The Morgan fingerprint density at radius 2 is 1.77 bits per heavy atom. The zero-order valence-electron chi connectivity index (χ0n) is 17.7. The number of imide groups is 1. The standard InChI is InChI=1S/C24H29N3O3/c1-18-8-6-9-19(2)21(18)30-15-14-27-22(28)24(25-23(27)29)12-7-13-26(17-24)16-20-10-4-3-5-11-20/h3-6,8-11H,7,12-17H2,1-2H3,(H,25,29). The predicted molar refractivity (Wildman–Crippen MR) is 115 cm³/mol. The number of amides is 3. The van der Waals surface area contributed by atoms with Gasteiger partial charge in [-0.3, -0.25) is 14.6 Å². The summed E-state index contributed by atoms with van der Waals surface area (Å²) >= 11 is 0. The van der Waals surface area contributed by atoms with Crippen molar-refractivity contribution in [3.05, 3.63) is 65.2 Å². The summed E-state index contributed by atoms with van der Waals surface area (Å²) in [6, 6.07) is 15.9. The van der Waals surface area contributed by atoms with Crippen LogP contribution < -0.4 is 10.1 Å². The van der Waals surface area contributed by atoms with Crippen LogP contribution in [-0.4, -0.2) is 53.5 Å². The second-order valence-electron chi connectivity index (χ2n) is 8.34. The first-order valence-corrected chi connectivity index (χ1v) is 10.6. The molecule has 0 bridgehead atoms. The van der Waals surface area contributed by atoms with Gasteiger partial charge in [0.1, 0.15) is 17.9 Å². The van der Waals surface area contributed by atoms with Crippen LogP contribution in [0.5, 0.6) is 5.75 Å². The average molecular weight is 408 g/mol. The predicted octanol–water partition coefficient (Wildman–Crippen LogP) is 3.27. The molecule has 2 saturated heterocycles. The van der Waals surface area contributed by atoms with E-state index >= 15 is 0 Å². The molecule has 3 amide bonds. The van der Waals surface area contributed by atoms with Gasteiger partial charge in [-0.1, -0.05) is 48.5 Å². The highest BCUT2D eigenvalue weighted by atomic mass is 16.5. The third kappa shape index (κ3) is 4.05. The Morgan fingerprint density at radius 3 is 2.50 bits per heavy atom. The summed E-state index contributed by atoms with van der Waals surface area (Å²) < 4.78 is 5.92. The van der Waals surface area contributed by atoms with Crippen LogP contribution in [0, 0.1) is 13.8 Å². The summed E-state index contributed by atoms with van der Waals surface area (Å²) in [6.07, 6.45) is 1.56. The second kappa shape index (κ2) is 8.48. The molecule has 4 rings (SSSR count). The Hall–Kier alpha value is -2.86. The fraction of sp³-hybridized carbons (Fsp3) is 0.417. The van der Waals surface area contributed by atoms with Gasteiger partial charge >= 0.3 is 6.03 Å². The van der Waals surface area contributed by atoms with Gasteiger partial charge in [0.2, 0.25) is 0 Å². The Labute approximate surface area is 177 Å². The first-order valence-electron chi connectivity index (χ1n) is 10.6. The number of benzene rings is 2. The number of nitrogens with one attached hydrogen (secondary N) is 1. The maximum Gasteiger partial charge on any atom is 0.325 e. The molecule has 30 heavy (non-hydrogen) atoms. The number of hydrogen-bond acceptors (Lipinski definition) is 4. The van der Waals surface area contributed by atoms with Crippen LogP contribution in [0.15, 0.2) is 48.5 Å². The number of likely N-dealkylation sites (tertiary alicyclic amines) is 1. The lowest BCUT2D eigenvalue weighted by molar-refractivity contribution is -0.133. The van der Waals surface area contributed by atoms with E-state index in [1.807, 2.05) is 50.2 Å². The van der Waals surface area contributed by atoms with Gasteiger partial charge < -0.3 is 10.1 Å². The lowest BCUT2D eigenvalue weighted by atomic mass is 9.88. The molecular formula is C24H29N3O3. The Bertz CT molecular complexity index is 910. The van der Waals surface area contributed by atoms with Gasteiger partial charge in [0.05, 0.1) is 6.54 Å². The summed E-state index contributed by atoms with van der Waals surface area (Å²) in [4.78, 5) is 29.4. The molecule has 1 unspecified atom stereocenters. The smallest absolute Gasteiger partial charge is 0.325 e. The van der Waals surface area contributed by atoms with Gasteiger partial charge in [-0.05, 0) is 49.9 Å². The van der Waals surface area contributed by atoms with E-state index in [9.17, 15) is 9.59 Å². The second-order valence-corrected chi connectivity index (χ2v) is 8.34. The first-order chi connectivity index (χ1) is 14.5. The van der Waals surface area contributed by atoms with Gasteiger partial charge in [-0.2, -0.15) is 0 Å². The van der Waals surface area contributed by atoms with Crippen molar-refractivity contribution in [2.24, 2.45) is 0 Å². The van der Waals surface area contributed by atoms with E-state index in [4.69, 9.17) is 4.74 Å². The molecule has 0 aromatic heterocycles. The van der Waals surface area contributed by atoms with Gasteiger partial charge in [0.15, 0.2) is 0 Å². The highest BCUT2D eigenvalue weighted by molar-refractivity contribution is 6.07. The number of ether oxygens (including phenoxy) is 1. The Morgan fingerprint density at radius 1 is 1.03 bits per heavy atom. The van der Waals surface area contributed by atoms with Crippen LogP contribution in [0.4, 0.5) is 4.79 Å². The van der Waals surface area contributed by atoms with E-state index < -0.39 is 5.54 Å². The zero-order valence-corrected chi connectivity index (χ0v) is 17.7. The maximum atomic E-state index is 13.2. The van der Waals surface area contributed by atoms with E-state index in [0.717, 1.165) is 36.4 Å². The SMILES string of the molecule is Cc1cccc(C)c1OCCN1C(=O)NC2(CCCN(Cc3ccccc3)C2)C1=O. The van der Waals surface area contributed by atoms with E-state index in [2.05, 4.69) is 22.3 Å². The van der Waals surface area contributed by atoms with Crippen molar-refractivity contribution < 1.29 is 14.3 Å². The number of para-hydroxylation sites is 1. The molecule has 2 fully saturated rings. The third-order valence-electron chi connectivity index (χ3n) is 6.04. The van der Waals surface area contributed by atoms with Crippen LogP contribution >= 0.6 is 0 Å².